The van der Waals surface area contributed by atoms with E-state index in [1.807, 2.05) is 12.1 Å². The second-order valence-corrected chi connectivity index (χ2v) is 6.10. The number of benzene rings is 1. The molecule has 6 heteroatoms. The monoisotopic (exact) mass is 358 g/mol. The van der Waals surface area contributed by atoms with Crippen molar-refractivity contribution in [2.75, 3.05) is 39.8 Å². The lowest BCUT2D eigenvalue weighted by Crippen LogP contribution is -2.46. The zero-order valence-electron chi connectivity index (χ0n) is 12.1. The van der Waals surface area contributed by atoms with Crippen LogP contribution in [-0.2, 0) is 16.1 Å². The van der Waals surface area contributed by atoms with Crippen LogP contribution in [0.2, 0.25) is 0 Å². The van der Waals surface area contributed by atoms with Crippen LogP contribution in [0.25, 0.3) is 0 Å². The van der Waals surface area contributed by atoms with E-state index in [4.69, 9.17) is 0 Å². The molecule has 0 saturated carbocycles. The molecule has 116 valence electrons. The second kappa shape index (κ2) is 7.87. The zero-order valence-corrected chi connectivity index (χ0v) is 13.7. The number of rotatable bonds is 5. The summed E-state index contributed by atoms with van der Waals surface area (Å²) in [6, 6.07) is 5.19. The fourth-order valence-corrected chi connectivity index (χ4v) is 2.75. The predicted molar refractivity (Wildman–Crippen MR) is 82.5 cm³/mol. The molecule has 1 saturated heterocycles. The average molecular weight is 359 g/mol. The number of hydrogen-bond donors (Lipinski definition) is 0. The van der Waals surface area contributed by atoms with Gasteiger partial charge in [0, 0.05) is 49.3 Å². The molecule has 0 aromatic heterocycles. The van der Waals surface area contributed by atoms with Crippen LogP contribution in [-0.4, -0.2) is 55.6 Å². The summed E-state index contributed by atoms with van der Waals surface area (Å²) in [7, 11) is 1.41. The minimum Gasteiger partial charge on any atom is -0.469 e. The van der Waals surface area contributed by atoms with Crippen LogP contribution in [0, 0.1) is 5.82 Å². The molecule has 0 radical (unpaired) electrons. The molecule has 1 aromatic rings. The summed E-state index contributed by atoms with van der Waals surface area (Å²) in [5, 5.41) is 0. The molecular formula is C15H20BrFN2O2. The number of carbonyl (C=O) groups excluding carboxylic acids is 1. The molecule has 0 unspecified atom stereocenters. The van der Waals surface area contributed by atoms with Gasteiger partial charge in [0.1, 0.15) is 5.82 Å². The average Bonchev–Trinajstić information content (AvgIpc) is 2.49. The highest BCUT2D eigenvalue weighted by molar-refractivity contribution is 9.10. The minimum atomic E-state index is -0.172. The van der Waals surface area contributed by atoms with Gasteiger partial charge in [0.25, 0.3) is 0 Å². The lowest BCUT2D eigenvalue weighted by molar-refractivity contribution is -0.141. The smallest absolute Gasteiger partial charge is 0.306 e. The number of hydrogen-bond acceptors (Lipinski definition) is 4. The molecule has 1 heterocycles. The van der Waals surface area contributed by atoms with E-state index in [1.54, 1.807) is 0 Å². The van der Waals surface area contributed by atoms with Crippen molar-refractivity contribution < 1.29 is 13.9 Å². The summed E-state index contributed by atoms with van der Waals surface area (Å²) in [4.78, 5) is 15.6. The van der Waals surface area contributed by atoms with Crippen LogP contribution in [0.3, 0.4) is 0 Å². The SMILES string of the molecule is COC(=O)CCN1CCN(Cc2ccc(Br)cc2F)CC1. The lowest BCUT2D eigenvalue weighted by atomic mass is 10.2. The van der Waals surface area contributed by atoms with Gasteiger partial charge in [0.2, 0.25) is 0 Å². The molecule has 0 aliphatic carbocycles. The van der Waals surface area contributed by atoms with E-state index in [1.165, 1.54) is 13.2 Å². The Morgan fingerprint density at radius 2 is 1.95 bits per heavy atom. The second-order valence-electron chi connectivity index (χ2n) is 5.18. The van der Waals surface area contributed by atoms with E-state index in [-0.39, 0.29) is 11.8 Å². The summed E-state index contributed by atoms with van der Waals surface area (Å²) in [6.45, 7) is 4.93. The Bertz CT molecular complexity index is 491. The number of halogens is 2. The normalized spacial score (nSPS) is 16.9. The predicted octanol–water partition coefficient (Wildman–Crippen LogP) is 2.27. The Labute approximate surface area is 133 Å². The Kier molecular flexibility index (Phi) is 6.14. The topological polar surface area (TPSA) is 32.8 Å². The van der Waals surface area contributed by atoms with Crippen LogP contribution in [0.5, 0.6) is 0 Å². The van der Waals surface area contributed by atoms with Crippen molar-refractivity contribution in [2.24, 2.45) is 0 Å². The maximum absolute atomic E-state index is 13.8. The third-order valence-electron chi connectivity index (χ3n) is 3.73. The number of piperazine rings is 1. The molecular weight excluding hydrogens is 339 g/mol. The molecule has 4 nitrogen and oxygen atoms in total. The van der Waals surface area contributed by atoms with Gasteiger partial charge in [-0.15, -0.1) is 0 Å². The van der Waals surface area contributed by atoms with Gasteiger partial charge in [0.15, 0.2) is 0 Å². The van der Waals surface area contributed by atoms with Crippen molar-refractivity contribution in [3.63, 3.8) is 0 Å². The molecule has 1 aromatic carbocycles. The van der Waals surface area contributed by atoms with Gasteiger partial charge in [-0.25, -0.2) is 4.39 Å². The van der Waals surface area contributed by atoms with Gasteiger partial charge in [-0.3, -0.25) is 9.69 Å². The molecule has 0 bridgehead atoms. The molecule has 21 heavy (non-hydrogen) atoms. The summed E-state index contributed by atoms with van der Waals surface area (Å²) < 4.78 is 19.2. The summed E-state index contributed by atoms with van der Waals surface area (Å²) >= 11 is 3.27. The quantitative estimate of drug-likeness (QED) is 0.756. The number of esters is 1. The van der Waals surface area contributed by atoms with Crippen LogP contribution >= 0.6 is 15.9 Å². The highest BCUT2D eigenvalue weighted by atomic mass is 79.9. The van der Waals surface area contributed by atoms with Crippen molar-refractivity contribution in [1.82, 2.24) is 9.80 Å². The number of nitrogens with zero attached hydrogens (tertiary/aromatic N) is 2. The maximum atomic E-state index is 13.8. The molecule has 1 fully saturated rings. The molecule has 0 spiro atoms. The Morgan fingerprint density at radius 1 is 1.29 bits per heavy atom. The molecule has 0 amide bonds. The third-order valence-corrected chi connectivity index (χ3v) is 4.23. The van der Waals surface area contributed by atoms with Crippen LogP contribution in [0.1, 0.15) is 12.0 Å². The van der Waals surface area contributed by atoms with Crippen molar-refractivity contribution in [3.05, 3.63) is 34.1 Å². The van der Waals surface area contributed by atoms with E-state index in [0.717, 1.165) is 42.8 Å². The summed E-state index contributed by atoms with van der Waals surface area (Å²) in [5.74, 6) is -0.341. The van der Waals surface area contributed by atoms with E-state index in [0.29, 0.717) is 13.0 Å². The highest BCUT2D eigenvalue weighted by Crippen LogP contribution is 2.17. The van der Waals surface area contributed by atoms with Gasteiger partial charge >= 0.3 is 5.97 Å². The van der Waals surface area contributed by atoms with Crippen molar-refractivity contribution in [3.8, 4) is 0 Å². The molecule has 0 N–H and O–H groups in total. The summed E-state index contributed by atoms with van der Waals surface area (Å²) in [5.41, 5.74) is 0.723. The molecule has 0 atom stereocenters. The van der Waals surface area contributed by atoms with E-state index < -0.39 is 0 Å². The van der Waals surface area contributed by atoms with Crippen LogP contribution in [0.4, 0.5) is 4.39 Å². The first-order valence-electron chi connectivity index (χ1n) is 7.04. The lowest BCUT2D eigenvalue weighted by Gasteiger charge is -2.34. The first-order chi connectivity index (χ1) is 10.1. The fourth-order valence-electron chi connectivity index (χ4n) is 2.41. The molecule has 1 aliphatic rings. The van der Waals surface area contributed by atoms with E-state index >= 15 is 0 Å². The standard InChI is InChI=1S/C15H20BrFN2O2/c1-21-15(20)4-5-18-6-8-19(9-7-18)11-12-2-3-13(16)10-14(12)17/h2-3,10H,4-9,11H2,1H3. The first kappa shape index (κ1) is 16.4. The first-order valence-corrected chi connectivity index (χ1v) is 7.83. The Morgan fingerprint density at radius 3 is 2.57 bits per heavy atom. The van der Waals surface area contributed by atoms with Gasteiger partial charge in [0.05, 0.1) is 13.5 Å². The van der Waals surface area contributed by atoms with Crippen LogP contribution < -0.4 is 0 Å². The van der Waals surface area contributed by atoms with Crippen molar-refractivity contribution in [1.29, 1.82) is 0 Å². The fraction of sp³-hybridized carbons (Fsp3) is 0.533. The van der Waals surface area contributed by atoms with Crippen molar-refractivity contribution >= 4 is 21.9 Å². The van der Waals surface area contributed by atoms with E-state index in [9.17, 15) is 9.18 Å². The maximum Gasteiger partial charge on any atom is 0.306 e. The summed E-state index contributed by atoms with van der Waals surface area (Å²) in [6.07, 6.45) is 0.428. The van der Waals surface area contributed by atoms with E-state index in [2.05, 4.69) is 30.5 Å². The largest absolute Gasteiger partial charge is 0.469 e. The number of methoxy groups -OCH3 is 1. The Hall–Kier alpha value is -0.980. The number of carbonyl (C=O) groups is 1. The van der Waals surface area contributed by atoms with Gasteiger partial charge < -0.3 is 9.64 Å². The number of ether oxygens (including phenoxy) is 1. The third kappa shape index (κ3) is 5.05. The zero-order chi connectivity index (χ0) is 15.2. The Balaban J connectivity index is 1.77. The molecule has 2 rings (SSSR count). The minimum absolute atomic E-state index is 0.169. The van der Waals surface area contributed by atoms with Crippen LogP contribution in [0.15, 0.2) is 22.7 Å². The highest BCUT2D eigenvalue weighted by Gasteiger charge is 2.18. The van der Waals surface area contributed by atoms with Gasteiger partial charge in [-0.2, -0.15) is 0 Å². The van der Waals surface area contributed by atoms with Gasteiger partial charge in [-0.1, -0.05) is 22.0 Å². The van der Waals surface area contributed by atoms with Gasteiger partial charge in [-0.05, 0) is 12.1 Å². The van der Waals surface area contributed by atoms with Crippen molar-refractivity contribution in [2.45, 2.75) is 13.0 Å². The molecule has 1 aliphatic heterocycles.